The molecule has 1 fully saturated rings. The van der Waals surface area contributed by atoms with Crippen molar-refractivity contribution in [3.63, 3.8) is 0 Å². The highest BCUT2D eigenvalue weighted by molar-refractivity contribution is 7.14. The first kappa shape index (κ1) is 25.8. The highest BCUT2D eigenvalue weighted by Crippen LogP contribution is 2.37. The second kappa shape index (κ2) is 12.1. The first-order chi connectivity index (χ1) is 17.6. The summed E-state index contributed by atoms with van der Waals surface area (Å²) in [6.45, 7) is 0.535. The van der Waals surface area contributed by atoms with Crippen LogP contribution < -0.4 is 23.8 Å². The summed E-state index contributed by atoms with van der Waals surface area (Å²) in [6.07, 6.45) is 5.96. The average molecular weight is 511 g/mol. The molecule has 0 atom stereocenters. The molecule has 2 aromatic carbocycles. The highest BCUT2D eigenvalue weighted by atomic mass is 32.1. The zero-order valence-electron chi connectivity index (χ0n) is 21.4. The number of nitrogens with zero attached hydrogens (tertiary/aromatic N) is 2. The minimum atomic E-state index is 0.0443. The van der Waals surface area contributed by atoms with Crippen molar-refractivity contribution < 1.29 is 23.7 Å². The topological polar surface area (TPSA) is 70.1 Å². The van der Waals surface area contributed by atoms with E-state index in [4.69, 9.17) is 23.9 Å². The number of benzene rings is 2. The van der Waals surface area contributed by atoms with Crippen LogP contribution in [0.3, 0.4) is 0 Å². The third-order valence-electron chi connectivity index (χ3n) is 6.70. The standard InChI is InChI=1S/C28H34N2O5S/c1-32-21-11-13-24(33-2)22(17-21)23-18-36-28(29-23)30(27(31)20-8-6-5-7-9-20)15-14-19-10-12-25(34-3)26(16-19)35-4/h10-13,16-18,20H,5-9,14-15H2,1-4H3. The van der Waals surface area contributed by atoms with Crippen molar-refractivity contribution in [1.29, 1.82) is 0 Å². The summed E-state index contributed by atoms with van der Waals surface area (Å²) in [4.78, 5) is 20.5. The molecule has 1 aliphatic carbocycles. The monoisotopic (exact) mass is 510 g/mol. The van der Waals surface area contributed by atoms with E-state index in [2.05, 4.69) is 0 Å². The Morgan fingerprint density at radius 1 is 0.917 bits per heavy atom. The van der Waals surface area contributed by atoms with E-state index in [0.29, 0.717) is 35.3 Å². The third kappa shape index (κ3) is 5.75. The van der Waals surface area contributed by atoms with Gasteiger partial charge in [0, 0.05) is 23.4 Å². The minimum absolute atomic E-state index is 0.0443. The summed E-state index contributed by atoms with van der Waals surface area (Å²) in [5.74, 6) is 3.01. The van der Waals surface area contributed by atoms with E-state index in [9.17, 15) is 4.79 Å². The van der Waals surface area contributed by atoms with E-state index < -0.39 is 0 Å². The first-order valence-corrected chi connectivity index (χ1v) is 13.2. The van der Waals surface area contributed by atoms with E-state index >= 15 is 0 Å². The number of hydrogen-bond acceptors (Lipinski definition) is 7. The quantitative estimate of drug-likeness (QED) is 0.333. The van der Waals surface area contributed by atoms with Gasteiger partial charge >= 0.3 is 0 Å². The van der Waals surface area contributed by atoms with Crippen molar-refractivity contribution >= 4 is 22.4 Å². The molecule has 0 N–H and O–H groups in total. The summed E-state index contributed by atoms with van der Waals surface area (Å²) in [5.41, 5.74) is 2.67. The predicted molar refractivity (Wildman–Crippen MR) is 143 cm³/mol. The summed E-state index contributed by atoms with van der Waals surface area (Å²) >= 11 is 1.48. The van der Waals surface area contributed by atoms with Crippen LogP contribution in [0.4, 0.5) is 5.13 Å². The maximum atomic E-state index is 13.7. The number of anilines is 1. The van der Waals surface area contributed by atoms with Crippen molar-refractivity contribution in [2.75, 3.05) is 39.9 Å². The molecule has 36 heavy (non-hydrogen) atoms. The Morgan fingerprint density at radius 2 is 1.64 bits per heavy atom. The van der Waals surface area contributed by atoms with Crippen molar-refractivity contribution in [3.8, 4) is 34.3 Å². The molecule has 1 aliphatic rings. The fourth-order valence-electron chi connectivity index (χ4n) is 4.67. The van der Waals surface area contributed by atoms with Gasteiger partial charge in [0.1, 0.15) is 11.5 Å². The number of thiazole rings is 1. The van der Waals surface area contributed by atoms with Gasteiger partial charge in [-0.05, 0) is 55.2 Å². The van der Waals surface area contributed by atoms with Gasteiger partial charge in [-0.3, -0.25) is 9.69 Å². The smallest absolute Gasteiger partial charge is 0.231 e. The molecule has 4 rings (SSSR count). The fraction of sp³-hybridized carbons (Fsp3) is 0.429. The van der Waals surface area contributed by atoms with Crippen LogP contribution in [-0.2, 0) is 11.2 Å². The van der Waals surface area contributed by atoms with Gasteiger partial charge in [0.15, 0.2) is 16.6 Å². The fourth-order valence-corrected chi connectivity index (χ4v) is 5.53. The molecule has 3 aromatic rings. The van der Waals surface area contributed by atoms with E-state index in [0.717, 1.165) is 48.3 Å². The Hall–Kier alpha value is -3.26. The number of carbonyl (C=O) groups is 1. The zero-order valence-corrected chi connectivity index (χ0v) is 22.2. The molecular weight excluding hydrogens is 476 g/mol. The Kier molecular flexibility index (Phi) is 8.70. The van der Waals surface area contributed by atoms with E-state index in [1.165, 1.54) is 17.8 Å². The molecule has 192 valence electrons. The Balaban J connectivity index is 1.62. The molecule has 0 radical (unpaired) electrons. The van der Waals surface area contributed by atoms with Gasteiger partial charge in [-0.2, -0.15) is 0 Å². The third-order valence-corrected chi connectivity index (χ3v) is 7.56. The van der Waals surface area contributed by atoms with Crippen LogP contribution in [-0.4, -0.2) is 45.9 Å². The van der Waals surface area contributed by atoms with E-state index in [1.807, 2.05) is 46.7 Å². The van der Waals surface area contributed by atoms with Crippen LogP contribution in [0.1, 0.15) is 37.7 Å². The second-order valence-electron chi connectivity index (χ2n) is 8.85. The van der Waals surface area contributed by atoms with Crippen molar-refractivity contribution in [3.05, 3.63) is 47.3 Å². The Labute approximate surface area is 217 Å². The largest absolute Gasteiger partial charge is 0.497 e. The van der Waals surface area contributed by atoms with E-state index in [1.54, 1.807) is 28.4 Å². The second-order valence-corrected chi connectivity index (χ2v) is 9.68. The van der Waals surface area contributed by atoms with Gasteiger partial charge in [0.2, 0.25) is 5.91 Å². The van der Waals surface area contributed by atoms with Gasteiger partial charge in [0.25, 0.3) is 0 Å². The SMILES string of the molecule is COc1ccc(OC)c(-c2csc(N(CCc3ccc(OC)c(OC)c3)C(=O)C3CCCCC3)n2)c1. The van der Waals surface area contributed by atoms with Gasteiger partial charge in [0.05, 0.1) is 34.1 Å². The highest BCUT2D eigenvalue weighted by Gasteiger charge is 2.29. The van der Waals surface area contributed by atoms with Crippen LogP contribution in [0.25, 0.3) is 11.3 Å². The van der Waals surface area contributed by atoms with Crippen LogP contribution in [0.5, 0.6) is 23.0 Å². The van der Waals surface area contributed by atoms with Gasteiger partial charge < -0.3 is 18.9 Å². The van der Waals surface area contributed by atoms with Crippen molar-refractivity contribution in [2.45, 2.75) is 38.5 Å². The van der Waals surface area contributed by atoms with Crippen LogP contribution in [0.15, 0.2) is 41.8 Å². The molecule has 0 unspecified atom stereocenters. The lowest BCUT2D eigenvalue weighted by Crippen LogP contribution is -2.38. The first-order valence-electron chi connectivity index (χ1n) is 12.3. The van der Waals surface area contributed by atoms with Crippen LogP contribution in [0, 0.1) is 5.92 Å². The predicted octanol–water partition coefficient (Wildman–Crippen LogP) is 6.00. The van der Waals surface area contributed by atoms with Crippen molar-refractivity contribution in [2.24, 2.45) is 5.92 Å². The van der Waals surface area contributed by atoms with Gasteiger partial charge in [-0.25, -0.2) is 4.98 Å². The van der Waals surface area contributed by atoms with Gasteiger partial charge in [-0.1, -0.05) is 25.3 Å². The lowest BCUT2D eigenvalue weighted by atomic mass is 9.88. The minimum Gasteiger partial charge on any atom is -0.497 e. The number of methoxy groups -OCH3 is 4. The average Bonchev–Trinajstić information content (AvgIpc) is 3.42. The lowest BCUT2D eigenvalue weighted by molar-refractivity contribution is -0.123. The van der Waals surface area contributed by atoms with Gasteiger partial charge in [-0.15, -0.1) is 11.3 Å². The summed E-state index contributed by atoms with van der Waals surface area (Å²) in [7, 11) is 6.53. The Morgan fingerprint density at radius 3 is 2.33 bits per heavy atom. The molecule has 1 saturated carbocycles. The number of hydrogen-bond donors (Lipinski definition) is 0. The van der Waals surface area contributed by atoms with Crippen LogP contribution >= 0.6 is 11.3 Å². The maximum absolute atomic E-state index is 13.7. The van der Waals surface area contributed by atoms with Crippen LogP contribution in [0.2, 0.25) is 0 Å². The Bertz CT molecular complexity index is 1170. The number of rotatable bonds is 10. The summed E-state index contributed by atoms with van der Waals surface area (Å²) < 4.78 is 21.8. The molecular formula is C28H34N2O5S. The molecule has 1 aromatic heterocycles. The van der Waals surface area contributed by atoms with Crippen molar-refractivity contribution in [1.82, 2.24) is 4.98 Å². The lowest BCUT2D eigenvalue weighted by Gasteiger charge is -2.28. The number of aromatic nitrogens is 1. The van der Waals surface area contributed by atoms with E-state index in [-0.39, 0.29) is 11.8 Å². The summed E-state index contributed by atoms with van der Waals surface area (Å²) in [6, 6.07) is 11.5. The molecule has 7 nitrogen and oxygen atoms in total. The number of carbonyl (C=O) groups excluding carboxylic acids is 1. The normalized spacial score (nSPS) is 13.8. The molecule has 0 saturated heterocycles. The summed E-state index contributed by atoms with van der Waals surface area (Å²) in [5, 5.41) is 2.68. The molecule has 0 spiro atoms. The molecule has 0 bridgehead atoms. The molecule has 1 heterocycles. The number of amides is 1. The zero-order chi connectivity index (χ0) is 25.5. The number of ether oxygens (including phenoxy) is 4. The molecule has 8 heteroatoms. The molecule has 1 amide bonds. The maximum Gasteiger partial charge on any atom is 0.231 e. The molecule has 0 aliphatic heterocycles.